The van der Waals surface area contributed by atoms with Crippen LogP contribution in [0.15, 0.2) is 22.7 Å². The number of aromatic carboxylic acids is 1. The van der Waals surface area contributed by atoms with Crippen LogP contribution in [0.2, 0.25) is 0 Å². The van der Waals surface area contributed by atoms with Gasteiger partial charge in [-0.3, -0.25) is 4.98 Å². The molecule has 0 saturated carbocycles. The molecular weight excluding hydrogens is 210 g/mol. The summed E-state index contributed by atoms with van der Waals surface area (Å²) in [6, 6.07) is 3.12. The van der Waals surface area contributed by atoms with E-state index in [-0.39, 0.29) is 5.56 Å². The maximum Gasteiger partial charge on any atom is 0.337 e. The number of carboxylic acids is 1. The van der Waals surface area contributed by atoms with E-state index < -0.39 is 5.97 Å². The monoisotopic (exact) mass is 219 g/mol. The maximum atomic E-state index is 10.6. The largest absolute Gasteiger partial charge is 0.478 e. The van der Waals surface area contributed by atoms with Crippen LogP contribution >= 0.6 is 0 Å². The highest BCUT2D eigenvalue weighted by molar-refractivity contribution is 5.87. The molecule has 0 aliphatic carbocycles. The molecule has 2 rings (SSSR count). The Morgan fingerprint density at radius 3 is 2.75 bits per heavy atom. The molecule has 6 nitrogen and oxygen atoms in total. The van der Waals surface area contributed by atoms with E-state index >= 15 is 0 Å². The van der Waals surface area contributed by atoms with Gasteiger partial charge < -0.3 is 9.52 Å². The van der Waals surface area contributed by atoms with Gasteiger partial charge in [0.1, 0.15) is 0 Å². The van der Waals surface area contributed by atoms with Gasteiger partial charge in [0.15, 0.2) is 0 Å². The smallest absolute Gasteiger partial charge is 0.337 e. The summed E-state index contributed by atoms with van der Waals surface area (Å²) in [5.74, 6) is -0.0297. The second kappa shape index (κ2) is 4.09. The minimum Gasteiger partial charge on any atom is -0.478 e. The van der Waals surface area contributed by atoms with Crippen molar-refractivity contribution in [3.05, 3.63) is 41.4 Å². The van der Waals surface area contributed by atoms with Crippen molar-refractivity contribution in [2.24, 2.45) is 0 Å². The number of aryl methyl sites for hydroxylation is 1. The summed E-state index contributed by atoms with van der Waals surface area (Å²) >= 11 is 0. The van der Waals surface area contributed by atoms with Crippen LogP contribution in [0.25, 0.3) is 0 Å². The van der Waals surface area contributed by atoms with Crippen LogP contribution in [-0.2, 0) is 6.42 Å². The van der Waals surface area contributed by atoms with Crippen molar-refractivity contribution in [1.82, 2.24) is 15.2 Å². The zero-order valence-corrected chi connectivity index (χ0v) is 8.54. The Morgan fingerprint density at radius 1 is 1.44 bits per heavy atom. The van der Waals surface area contributed by atoms with Crippen molar-refractivity contribution < 1.29 is 14.3 Å². The number of hydrogen-bond donors (Lipinski definition) is 1. The lowest BCUT2D eigenvalue weighted by molar-refractivity contribution is 0.0696. The fraction of sp³-hybridized carbons (Fsp3) is 0.200. The average molecular weight is 219 g/mol. The van der Waals surface area contributed by atoms with Gasteiger partial charge in [-0.2, -0.15) is 0 Å². The van der Waals surface area contributed by atoms with Crippen LogP contribution in [0, 0.1) is 6.92 Å². The summed E-state index contributed by atoms with van der Waals surface area (Å²) in [6.07, 6.45) is 1.71. The molecule has 2 heterocycles. The molecule has 16 heavy (non-hydrogen) atoms. The second-order valence-electron chi connectivity index (χ2n) is 3.23. The molecule has 0 spiro atoms. The molecule has 0 amide bonds. The van der Waals surface area contributed by atoms with Gasteiger partial charge in [-0.05, 0) is 12.1 Å². The topological polar surface area (TPSA) is 89.1 Å². The number of carbonyl (C=O) groups is 1. The molecule has 2 aromatic rings. The Hall–Kier alpha value is -2.24. The van der Waals surface area contributed by atoms with Crippen molar-refractivity contribution in [1.29, 1.82) is 0 Å². The molecule has 2 aromatic heterocycles. The third kappa shape index (κ3) is 2.22. The first-order valence-corrected chi connectivity index (χ1v) is 4.62. The van der Waals surface area contributed by atoms with Crippen LogP contribution in [0.5, 0.6) is 0 Å². The fourth-order valence-electron chi connectivity index (χ4n) is 1.22. The first-order valence-electron chi connectivity index (χ1n) is 4.62. The lowest BCUT2D eigenvalue weighted by atomic mass is 10.2. The second-order valence-corrected chi connectivity index (χ2v) is 3.23. The molecule has 6 heteroatoms. The zero-order chi connectivity index (χ0) is 11.5. The summed E-state index contributed by atoms with van der Waals surface area (Å²) in [4.78, 5) is 14.6. The van der Waals surface area contributed by atoms with Gasteiger partial charge in [-0.15, -0.1) is 10.2 Å². The van der Waals surface area contributed by atoms with Crippen LogP contribution < -0.4 is 0 Å². The van der Waals surface area contributed by atoms with Gasteiger partial charge in [0.05, 0.1) is 12.0 Å². The van der Waals surface area contributed by atoms with E-state index in [9.17, 15) is 4.79 Å². The standard InChI is InChI=1S/C10H9N3O3/c1-6-12-13-9(16-6)4-8-3-2-7(5-11-8)10(14)15/h2-3,5H,4H2,1H3,(H,14,15). The summed E-state index contributed by atoms with van der Waals surface area (Å²) in [6.45, 7) is 1.71. The van der Waals surface area contributed by atoms with Crippen LogP contribution in [0.4, 0.5) is 0 Å². The van der Waals surface area contributed by atoms with E-state index in [1.165, 1.54) is 12.3 Å². The minimum atomic E-state index is -0.993. The molecule has 0 bridgehead atoms. The first-order chi connectivity index (χ1) is 7.65. The third-order valence-corrected chi connectivity index (χ3v) is 1.97. The Balaban J connectivity index is 2.14. The van der Waals surface area contributed by atoms with Crippen LogP contribution in [-0.4, -0.2) is 26.3 Å². The van der Waals surface area contributed by atoms with Crippen LogP contribution in [0.3, 0.4) is 0 Å². The van der Waals surface area contributed by atoms with Gasteiger partial charge in [0, 0.05) is 18.8 Å². The van der Waals surface area contributed by atoms with Gasteiger partial charge in [-0.1, -0.05) is 0 Å². The van der Waals surface area contributed by atoms with Crippen LogP contribution in [0.1, 0.15) is 27.8 Å². The molecule has 0 atom stereocenters. The fourth-order valence-corrected chi connectivity index (χ4v) is 1.22. The van der Waals surface area contributed by atoms with E-state index in [4.69, 9.17) is 9.52 Å². The summed E-state index contributed by atoms with van der Waals surface area (Å²) in [7, 11) is 0. The van der Waals surface area contributed by atoms with Crippen molar-refractivity contribution in [2.75, 3.05) is 0 Å². The van der Waals surface area contributed by atoms with E-state index in [0.717, 1.165) is 0 Å². The molecule has 0 saturated heterocycles. The van der Waals surface area contributed by atoms with Crippen molar-refractivity contribution in [3.8, 4) is 0 Å². The predicted octanol–water partition coefficient (Wildman–Crippen LogP) is 1.06. The lowest BCUT2D eigenvalue weighted by Gasteiger charge is -1.97. The van der Waals surface area contributed by atoms with E-state index in [2.05, 4.69) is 15.2 Å². The molecule has 0 fully saturated rings. The molecule has 1 N–H and O–H groups in total. The van der Waals surface area contributed by atoms with Crippen molar-refractivity contribution in [2.45, 2.75) is 13.3 Å². The number of nitrogens with zero attached hydrogens (tertiary/aromatic N) is 3. The molecular formula is C10H9N3O3. The maximum absolute atomic E-state index is 10.6. The number of aromatic nitrogens is 3. The highest BCUT2D eigenvalue weighted by atomic mass is 16.4. The van der Waals surface area contributed by atoms with Gasteiger partial charge in [-0.25, -0.2) is 4.79 Å². The van der Waals surface area contributed by atoms with E-state index in [1.54, 1.807) is 13.0 Å². The molecule has 0 radical (unpaired) electrons. The molecule has 0 unspecified atom stereocenters. The zero-order valence-electron chi connectivity index (χ0n) is 8.54. The Kier molecular flexibility index (Phi) is 2.63. The average Bonchev–Trinajstić information content (AvgIpc) is 2.65. The Labute approximate surface area is 91.0 Å². The van der Waals surface area contributed by atoms with Crippen molar-refractivity contribution in [3.63, 3.8) is 0 Å². The molecule has 82 valence electrons. The number of rotatable bonds is 3. The molecule has 0 aliphatic heterocycles. The SMILES string of the molecule is Cc1nnc(Cc2ccc(C(=O)O)cn2)o1. The Bertz CT molecular complexity index is 504. The van der Waals surface area contributed by atoms with Crippen molar-refractivity contribution >= 4 is 5.97 Å². The number of pyridine rings is 1. The number of carboxylic acid groups (broad SMARTS) is 1. The van der Waals surface area contributed by atoms with Gasteiger partial charge in [0.2, 0.25) is 11.8 Å². The molecule has 0 aliphatic rings. The summed E-state index contributed by atoms with van der Waals surface area (Å²) < 4.78 is 5.19. The quantitative estimate of drug-likeness (QED) is 0.830. The van der Waals surface area contributed by atoms with E-state index in [0.29, 0.717) is 23.9 Å². The third-order valence-electron chi connectivity index (χ3n) is 1.97. The number of hydrogen-bond acceptors (Lipinski definition) is 5. The summed E-state index contributed by atoms with van der Waals surface area (Å²) in [5, 5.41) is 16.2. The lowest BCUT2D eigenvalue weighted by Crippen LogP contribution is -1.99. The highest BCUT2D eigenvalue weighted by Crippen LogP contribution is 2.07. The minimum absolute atomic E-state index is 0.158. The normalized spacial score (nSPS) is 10.3. The predicted molar refractivity (Wildman–Crippen MR) is 53.0 cm³/mol. The molecule has 0 aromatic carbocycles. The van der Waals surface area contributed by atoms with Gasteiger partial charge >= 0.3 is 5.97 Å². The highest BCUT2D eigenvalue weighted by Gasteiger charge is 2.06. The summed E-state index contributed by atoms with van der Waals surface area (Å²) in [5.41, 5.74) is 0.846. The van der Waals surface area contributed by atoms with E-state index in [1.807, 2.05) is 0 Å². The van der Waals surface area contributed by atoms with Gasteiger partial charge in [0.25, 0.3) is 0 Å². The first kappa shape index (κ1) is 10.3. The Morgan fingerprint density at radius 2 is 2.25 bits per heavy atom.